The summed E-state index contributed by atoms with van der Waals surface area (Å²) in [5.41, 5.74) is 25.3. The third-order valence-electron chi connectivity index (χ3n) is 3.22. The van der Waals surface area contributed by atoms with E-state index in [0.29, 0.717) is 11.5 Å². The Labute approximate surface area is 151 Å². The number of hydrogen-bond donors (Lipinski definition) is 5. The molecule has 0 aromatic rings. The first-order chi connectivity index (χ1) is 10.9. The summed E-state index contributed by atoms with van der Waals surface area (Å²) >= 11 is 2.94. The molecule has 0 aromatic carbocycles. The van der Waals surface area contributed by atoms with Gasteiger partial charge in [-0.15, -0.1) is 0 Å². The van der Waals surface area contributed by atoms with Gasteiger partial charge in [-0.25, -0.2) is 9.59 Å². The number of nitrogens with two attached hydrogens (primary N) is 5. The van der Waals surface area contributed by atoms with E-state index in [1.54, 1.807) is 6.92 Å². The highest BCUT2D eigenvalue weighted by atomic mass is 32.2. The second kappa shape index (κ2) is 9.80. The van der Waals surface area contributed by atoms with Gasteiger partial charge < -0.3 is 32.4 Å². The molecule has 0 heterocycles. The summed E-state index contributed by atoms with van der Waals surface area (Å²) in [6.45, 7) is 1.56. The minimum atomic E-state index is -2.04. The van der Waals surface area contributed by atoms with E-state index in [1.165, 1.54) is 23.5 Å². The van der Waals surface area contributed by atoms with Crippen molar-refractivity contribution in [2.24, 2.45) is 28.7 Å². The topological polar surface area (TPSA) is 183 Å². The Balaban J connectivity index is 4.96. The lowest BCUT2D eigenvalue weighted by atomic mass is 10.1. The highest BCUT2D eigenvalue weighted by Crippen LogP contribution is 2.18. The molecule has 0 fully saturated rings. The van der Waals surface area contributed by atoms with Crippen LogP contribution in [0.25, 0.3) is 0 Å². The van der Waals surface area contributed by atoms with E-state index in [-0.39, 0.29) is 19.3 Å². The lowest BCUT2D eigenvalue weighted by molar-refractivity contribution is -0.235. The van der Waals surface area contributed by atoms with Gasteiger partial charge in [0.25, 0.3) is 0 Å². The summed E-state index contributed by atoms with van der Waals surface area (Å²) in [6.07, 6.45) is 4.01. The van der Waals surface area contributed by atoms with Crippen LogP contribution in [0.4, 0.5) is 0 Å². The first-order valence-corrected chi connectivity index (χ1v) is 10.1. The van der Waals surface area contributed by atoms with Crippen molar-refractivity contribution in [1.29, 1.82) is 0 Å². The SMILES string of the molecule is CCC(N)(OC(=O)C(N)(N)CCSC)OC(=O)C(N)(N)CCSC. The normalized spacial score (nSPS) is 12.8. The monoisotopic (exact) mass is 383 g/mol. The zero-order valence-electron chi connectivity index (χ0n) is 14.4. The Morgan fingerprint density at radius 3 is 1.42 bits per heavy atom. The molecule has 0 spiro atoms. The molecule has 0 aromatic heterocycles. The number of carbonyl (C=O) groups excluding carboxylic acids is 2. The van der Waals surface area contributed by atoms with E-state index in [1.807, 2.05) is 12.5 Å². The largest absolute Gasteiger partial charge is 0.406 e. The molecule has 0 aliphatic carbocycles. The Bertz CT molecular complexity index is 401. The van der Waals surface area contributed by atoms with Crippen LogP contribution in [0, 0.1) is 0 Å². The molecule has 0 atom stereocenters. The van der Waals surface area contributed by atoms with E-state index in [2.05, 4.69) is 0 Å². The molecule has 0 unspecified atom stereocenters. The van der Waals surface area contributed by atoms with E-state index < -0.39 is 29.2 Å². The quantitative estimate of drug-likeness (QED) is 0.214. The van der Waals surface area contributed by atoms with E-state index in [0.717, 1.165) is 0 Å². The van der Waals surface area contributed by atoms with Crippen molar-refractivity contribution >= 4 is 35.5 Å². The number of ether oxygens (including phenoxy) is 2. The van der Waals surface area contributed by atoms with Crippen molar-refractivity contribution in [1.82, 2.24) is 0 Å². The van der Waals surface area contributed by atoms with Crippen LogP contribution in [0.2, 0.25) is 0 Å². The van der Waals surface area contributed by atoms with Gasteiger partial charge in [0, 0.05) is 6.42 Å². The smallest absolute Gasteiger partial charge is 0.345 e. The first kappa shape index (κ1) is 23.4. The van der Waals surface area contributed by atoms with Crippen molar-refractivity contribution in [3.8, 4) is 0 Å². The summed E-state index contributed by atoms with van der Waals surface area (Å²) in [5, 5.41) is 0. The van der Waals surface area contributed by atoms with Crippen molar-refractivity contribution < 1.29 is 19.1 Å². The van der Waals surface area contributed by atoms with Crippen LogP contribution in [0.5, 0.6) is 0 Å². The van der Waals surface area contributed by atoms with Gasteiger partial charge in [0.15, 0.2) is 11.3 Å². The van der Waals surface area contributed by atoms with Crippen molar-refractivity contribution in [2.45, 2.75) is 43.4 Å². The van der Waals surface area contributed by atoms with Gasteiger partial charge >= 0.3 is 17.8 Å². The third-order valence-corrected chi connectivity index (χ3v) is 4.45. The molecule has 0 saturated carbocycles. The molecule has 142 valence electrons. The highest BCUT2D eigenvalue weighted by Gasteiger charge is 2.42. The molecular formula is C13H29N5O4S2. The second-order valence-electron chi connectivity index (χ2n) is 5.51. The number of thioether (sulfide) groups is 2. The molecule has 0 bridgehead atoms. The molecule has 9 nitrogen and oxygen atoms in total. The summed E-state index contributed by atoms with van der Waals surface area (Å²) in [5.74, 6) is -2.89. The van der Waals surface area contributed by atoms with Gasteiger partial charge in [-0.3, -0.25) is 5.73 Å². The molecule has 0 aliphatic heterocycles. The van der Waals surface area contributed by atoms with Gasteiger partial charge in [0.2, 0.25) is 0 Å². The molecule has 0 amide bonds. The number of rotatable bonds is 11. The molecule has 0 radical (unpaired) electrons. The van der Waals surface area contributed by atoms with Crippen molar-refractivity contribution in [3.63, 3.8) is 0 Å². The minimum absolute atomic E-state index is 0.0261. The fourth-order valence-corrected chi connectivity index (χ4v) is 2.50. The maximum Gasteiger partial charge on any atom is 0.345 e. The fourth-order valence-electron chi connectivity index (χ4n) is 1.42. The van der Waals surface area contributed by atoms with Crippen molar-refractivity contribution in [2.75, 3.05) is 24.0 Å². The maximum atomic E-state index is 12.1. The van der Waals surface area contributed by atoms with Crippen LogP contribution in [-0.2, 0) is 19.1 Å². The van der Waals surface area contributed by atoms with Crippen LogP contribution in [-0.4, -0.2) is 53.2 Å². The zero-order valence-corrected chi connectivity index (χ0v) is 16.0. The summed E-state index contributed by atoms with van der Waals surface area (Å²) in [6, 6.07) is 0. The average Bonchev–Trinajstić information content (AvgIpc) is 2.50. The van der Waals surface area contributed by atoms with Crippen molar-refractivity contribution in [3.05, 3.63) is 0 Å². The molecular weight excluding hydrogens is 354 g/mol. The maximum absolute atomic E-state index is 12.1. The van der Waals surface area contributed by atoms with Gasteiger partial charge in [-0.1, -0.05) is 6.92 Å². The van der Waals surface area contributed by atoms with Gasteiger partial charge in [-0.2, -0.15) is 23.5 Å². The molecule has 24 heavy (non-hydrogen) atoms. The lowest BCUT2D eigenvalue weighted by Crippen LogP contribution is -2.64. The predicted octanol–water partition coefficient (Wildman–Crippen LogP) is -1.17. The molecule has 0 saturated heterocycles. The van der Waals surface area contributed by atoms with Crippen LogP contribution in [0.1, 0.15) is 26.2 Å². The van der Waals surface area contributed by atoms with E-state index >= 15 is 0 Å². The van der Waals surface area contributed by atoms with Crippen LogP contribution >= 0.6 is 23.5 Å². The Kier molecular flexibility index (Phi) is 9.57. The number of esters is 2. The lowest BCUT2D eigenvalue weighted by Gasteiger charge is -2.33. The van der Waals surface area contributed by atoms with Gasteiger partial charge in [-0.05, 0) is 36.9 Å². The first-order valence-electron chi connectivity index (χ1n) is 7.33. The Morgan fingerprint density at radius 1 is 0.833 bits per heavy atom. The predicted molar refractivity (Wildman–Crippen MR) is 97.6 cm³/mol. The Hall–Kier alpha value is -0.560. The van der Waals surface area contributed by atoms with Crippen LogP contribution < -0.4 is 28.7 Å². The second-order valence-corrected chi connectivity index (χ2v) is 7.48. The standard InChI is InChI=1S/C13H29N5O4S2/c1-4-13(18,21-9(19)11(14,15)5-7-23-2)22-10(20)12(16,17)6-8-24-3/h4-8,14-18H2,1-3H3. The summed E-state index contributed by atoms with van der Waals surface area (Å²) in [4.78, 5) is 24.3. The van der Waals surface area contributed by atoms with Crippen LogP contribution in [0.3, 0.4) is 0 Å². The number of carbonyl (C=O) groups is 2. The molecule has 0 aliphatic rings. The molecule has 10 N–H and O–H groups in total. The van der Waals surface area contributed by atoms with Gasteiger partial charge in [0.05, 0.1) is 0 Å². The molecule has 11 heteroatoms. The molecule has 0 rings (SSSR count). The third kappa shape index (κ3) is 7.55. The number of hydrogen-bond acceptors (Lipinski definition) is 11. The van der Waals surface area contributed by atoms with Gasteiger partial charge in [0.1, 0.15) is 0 Å². The van der Waals surface area contributed by atoms with E-state index in [9.17, 15) is 9.59 Å². The summed E-state index contributed by atoms with van der Waals surface area (Å²) in [7, 11) is 0. The zero-order chi connectivity index (χ0) is 19.0. The highest BCUT2D eigenvalue weighted by molar-refractivity contribution is 7.98. The Morgan fingerprint density at radius 2 is 1.17 bits per heavy atom. The fraction of sp³-hybridized carbons (Fsp3) is 0.846. The summed E-state index contributed by atoms with van der Waals surface area (Å²) < 4.78 is 10.1. The van der Waals surface area contributed by atoms with E-state index in [4.69, 9.17) is 38.1 Å². The average molecular weight is 384 g/mol. The minimum Gasteiger partial charge on any atom is -0.406 e. The van der Waals surface area contributed by atoms with Crippen LogP contribution in [0.15, 0.2) is 0 Å².